The van der Waals surface area contributed by atoms with Gasteiger partial charge < -0.3 is 4.90 Å². The SMILES string of the molecule is CC(=O)N1C2CCC1CN(C/C=C/c1ccccc1)C2. The van der Waals surface area contributed by atoms with Crippen LogP contribution in [0.15, 0.2) is 36.4 Å². The predicted octanol–water partition coefficient (Wildman–Crippen LogP) is 2.39. The van der Waals surface area contributed by atoms with E-state index in [1.165, 1.54) is 18.4 Å². The Kier molecular flexibility index (Phi) is 3.88. The third kappa shape index (κ3) is 2.78. The van der Waals surface area contributed by atoms with E-state index >= 15 is 0 Å². The van der Waals surface area contributed by atoms with Crippen LogP contribution >= 0.6 is 0 Å². The number of amides is 1. The van der Waals surface area contributed by atoms with Gasteiger partial charge in [0.05, 0.1) is 0 Å². The Balaban J connectivity index is 1.56. The highest BCUT2D eigenvalue weighted by atomic mass is 16.2. The Morgan fingerprint density at radius 1 is 1.20 bits per heavy atom. The smallest absolute Gasteiger partial charge is 0.220 e. The Morgan fingerprint density at radius 2 is 1.85 bits per heavy atom. The second kappa shape index (κ2) is 5.80. The second-order valence-corrected chi connectivity index (χ2v) is 5.84. The summed E-state index contributed by atoms with van der Waals surface area (Å²) in [5.41, 5.74) is 1.25. The Morgan fingerprint density at radius 3 is 2.45 bits per heavy atom. The Labute approximate surface area is 120 Å². The zero-order chi connectivity index (χ0) is 13.9. The van der Waals surface area contributed by atoms with Crippen LogP contribution < -0.4 is 0 Å². The molecule has 2 bridgehead atoms. The molecule has 0 N–H and O–H groups in total. The Hall–Kier alpha value is -1.61. The summed E-state index contributed by atoms with van der Waals surface area (Å²) in [7, 11) is 0. The molecular weight excluding hydrogens is 248 g/mol. The zero-order valence-corrected chi connectivity index (χ0v) is 12.0. The molecule has 2 unspecified atom stereocenters. The third-order valence-electron chi connectivity index (χ3n) is 4.39. The molecule has 0 saturated carbocycles. The van der Waals surface area contributed by atoms with Gasteiger partial charge in [-0.05, 0) is 18.4 Å². The van der Waals surface area contributed by atoms with Gasteiger partial charge >= 0.3 is 0 Å². The zero-order valence-electron chi connectivity index (χ0n) is 12.0. The van der Waals surface area contributed by atoms with Gasteiger partial charge in [0.15, 0.2) is 0 Å². The van der Waals surface area contributed by atoms with Gasteiger partial charge in [-0.15, -0.1) is 0 Å². The molecule has 0 radical (unpaired) electrons. The van der Waals surface area contributed by atoms with E-state index in [-0.39, 0.29) is 5.91 Å². The molecule has 2 fully saturated rings. The first kappa shape index (κ1) is 13.4. The second-order valence-electron chi connectivity index (χ2n) is 5.84. The molecule has 2 atom stereocenters. The molecule has 20 heavy (non-hydrogen) atoms. The van der Waals surface area contributed by atoms with Crippen molar-refractivity contribution < 1.29 is 4.79 Å². The monoisotopic (exact) mass is 270 g/mol. The van der Waals surface area contributed by atoms with Gasteiger partial charge in [-0.3, -0.25) is 9.69 Å². The van der Waals surface area contributed by atoms with E-state index in [4.69, 9.17) is 0 Å². The van der Waals surface area contributed by atoms with Crippen LogP contribution in [0.4, 0.5) is 0 Å². The lowest BCUT2D eigenvalue weighted by Crippen LogP contribution is -2.55. The average molecular weight is 270 g/mol. The summed E-state index contributed by atoms with van der Waals surface area (Å²) in [5, 5.41) is 0. The molecule has 3 heteroatoms. The first-order chi connectivity index (χ1) is 9.74. The molecule has 3 nitrogen and oxygen atoms in total. The van der Waals surface area contributed by atoms with Crippen molar-refractivity contribution in [2.24, 2.45) is 0 Å². The molecule has 1 aromatic rings. The number of nitrogens with zero attached hydrogens (tertiary/aromatic N) is 2. The van der Waals surface area contributed by atoms with Gasteiger partial charge in [-0.25, -0.2) is 0 Å². The maximum Gasteiger partial charge on any atom is 0.220 e. The normalized spacial score (nSPS) is 26.4. The number of piperazine rings is 1. The van der Waals surface area contributed by atoms with E-state index in [9.17, 15) is 4.79 Å². The van der Waals surface area contributed by atoms with Crippen molar-refractivity contribution in [3.8, 4) is 0 Å². The van der Waals surface area contributed by atoms with Crippen molar-refractivity contribution in [1.29, 1.82) is 0 Å². The van der Waals surface area contributed by atoms with Crippen LogP contribution in [-0.2, 0) is 4.79 Å². The van der Waals surface area contributed by atoms with Crippen LogP contribution in [0.1, 0.15) is 25.3 Å². The Bertz CT molecular complexity index is 483. The van der Waals surface area contributed by atoms with Gasteiger partial charge in [0, 0.05) is 38.6 Å². The number of hydrogen-bond donors (Lipinski definition) is 0. The molecule has 2 aliphatic heterocycles. The topological polar surface area (TPSA) is 23.6 Å². The van der Waals surface area contributed by atoms with E-state index in [1.54, 1.807) is 6.92 Å². The first-order valence-electron chi connectivity index (χ1n) is 7.47. The largest absolute Gasteiger partial charge is 0.334 e. The molecule has 2 heterocycles. The van der Waals surface area contributed by atoms with Crippen molar-refractivity contribution in [3.05, 3.63) is 42.0 Å². The molecule has 106 valence electrons. The molecule has 3 rings (SSSR count). The molecule has 0 aliphatic carbocycles. The predicted molar refractivity (Wildman–Crippen MR) is 81.2 cm³/mol. The summed E-state index contributed by atoms with van der Waals surface area (Å²) < 4.78 is 0. The van der Waals surface area contributed by atoms with Gasteiger partial charge in [-0.2, -0.15) is 0 Å². The highest BCUT2D eigenvalue weighted by Gasteiger charge is 2.40. The number of hydrogen-bond acceptors (Lipinski definition) is 2. The molecule has 1 aromatic carbocycles. The quantitative estimate of drug-likeness (QED) is 0.842. The highest BCUT2D eigenvalue weighted by Crippen LogP contribution is 2.29. The van der Waals surface area contributed by atoms with Crippen molar-refractivity contribution in [2.75, 3.05) is 19.6 Å². The minimum atomic E-state index is 0.247. The minimum Gasteiger partial charge on any atom is -0.334 e. The van der Waals surface area contributed by atoms with Crippen molar-refractivity contribution in [3.63, 3.8) is 0 Å². The molecule has 2 aliphatic rings. The molecule has 0 spiro atoms. The summed E-state index contributed by atoms with van der Waals surface area (Å²) in [6.07, 6.45) is 6.75. The average Bonchev–Trinajstić information content (AvgIpc) is 2.72. The van der Waals surface area contributed by atoms with Crippen molar-refractivity contribution >= 4 is 12.0 Å². The molecule has 0 aromatic heterocycles. The molecule has 1 amide bonds. The van der Waals surface area contributed by atoms with E-state index in [0.717, 1.165) is 19.6 Å². The van der Waals surface area contributed by atoms with Crippen LogP contribution in [0.3, 0.4) is 0 Å². The number of carbonyl (C=O) groups is 1. The fourth-order valence-corrected chi connectivity index (χ4v) is 3.56. The maximum absolute atomic E-state index is 11.7. The van der Waals surface area contributed by atoms with Crippen molar-refractivity contribution in [2.45, 2.75) is 31.8 Å². The lowest BCUT2D eigenvalue weighted by molar-refractivity contribution is -0.134. The number of likely N-dealkylation sites (tertiary alicyclic amines) is 1. The minimum absolute atomic E-state index is 0.247. The van der Waals surface area contributed by atoms with E-state index in [2.05, 4.69) is 46.2 Å². The molecule has 2 saturated heterocycles. The van der Waals surface area contributed by atoms with Gasteiger partial charge in [0.2, 0.25) is 5.91 Å². The fourth-order valence-electron chi connectivity index (χ4n) is 3.56. The maximum atomic E-state index is 11.7. The van der Waals surface area contributed by atoms with Crippen LogP contribution in [-0.4, -0.2) is 47.4 Å². The van der Waals surface area contributed by atoms with Crippen LogP contribution in [0, 0.1) is 0 Å². The third-order valence-corrected chi connectivity index (χ3v) is 4.39. The van der Waals surface area contributed by atoms with E-state index in [1.807, 2.05) is 6.07 Å². The summed E-state index contributed by atoms with van der Waals surface area (Å²) in [6, 6.07) is 11.3. The first-order valence-corrected chi connectivity index (χ1v) is 7.47. The number of carbonyl (C=O) groups excluding carboxylic acids is 1. The van der Waals surface area contributed by atoms with Gasteiger partial charge in [0.1, 0.15) is 0 Å². The lowest BCUT2D eigenvalue weighted by atomic mass is 10.1. The van der Waals surface area contributed by atoms with Crippen LogP contribution in [0.2, 0.25) is 0 Å². The number of fused-ring (bicyclic) bond motifs is 2. The summed E-state index contributed by atoms with van der Waals surface area (Å²) >= 11 is 0. The van der Waals surface area contributed by atoms with Crippen molar-refractivity contribution in [1.82, 2.24) is 9.80 Å². The summed E-state index contributed by atoms with van der Waals surface area (Å²) in [5.74, 6) is 0.247. The highest BCUT2D eigenvalue weighted by molar-refractivity contribution is 5.74. The van der Waals surface area contributed by atoms with E-state index in [0.29, 0.717) is 12.1 Å². The molecular formula is C17H22N2O. The fraction of sp³-hybridized carbons (Fsp3) is 0.471. The van der Waals surface area contributed by atoms with Gasteiger partial charge in [-0.1, -0.05) is 42.5 Å². The van der Waals surface area contributed by atoms with Gasteiger partial charge in [0.25, 0.3) is 0 Å². The number of rotatable bonds is 3. The lowest BCUT2D eigenvalue weighted by Gasteiger charge is -2.40. The summed E-state index contributed by atoms with van der Waals surface area (Å²) in [6.45, 7) is 4.73. The van der Waals surface area contributed by atoms with Crippen LogP contribution in [0.25, 0.3) is 6.08 Å². The standard InChI is InChI=1S/C17H22N2O/c1-14(20)19-16-9-10-17(19)13-18(12-16)11-5-8-15-6-3-2-4-7-15/h2-8,16-17H,9-13H2,1H3/b8-5+. The van der Waals surface area contributed by atoms with Crippen LogP contribution in [0.5, 0.6) is 0 Å². The number of benzene rings is 1. The summed E-state index contributed by atoms with van der Waals surface area (Å²) in [4.78, 5) is 16.2. The van der Waals surface area contributed by atoms with E-state index < -0.39 is 0 Å².